The smallest absolute Gasteiger partial charge is 0.387 e. The number of benzene rings is 1. The molecule has 2 N–H and O–H groups in total. The van der Waals surface area contributed by atoms with Crippen molar-refractivity contribution < 1.29 is 23.1 Å². The normalized spacial score (nSPS) is 21.6. The van der Waals surface area contributed by atoms with E-state index in [0.29, 0.717) is 29.5 Å². The predicted octanol–water partition coefficient (Wildman–Crippen LogP) is 2.84. The highest BCUT2D eigenvalue weighted by Gasteiger charge is 2.48. The Hall–Kier alpha value is -2.18. The number of hydrogen-bond acceptors (Lipinski definition) is 3. The maximum Gasteiger partial charge on any atom is 0.387 e. The van der Waals surface area contributed by atoms with Crippen molar-refractivity contribution in [2.45, 2.75) is 64.1 Å². The maximum absolute atomic E-state index is 12.6. The molecule has 1 saturated carbocycles. The molecule has 1 saturated heterocycles. The number of amides is 2. The molecular weight excluding hydrogens is 330 g/mol. The lowest BCUT2D eigenvalue weighted by atomic mass is 9.68. The number of alkyl halides is 2. The van der Waals surface area contributed by atoms with Crippen LogP contribution in [0.2, 0.25) is 0 Å². The standard InChI is InChI=1S/C18H22F2N2O3/c1-10-8-12(9-11(2)15(10)25-17(19)20)16(24)21-13-4-5-14(23)22-18(13)6-3-7-18/h8-9,13,17H,3-7H2,1-2H3,(H,21,24)(H,22,23). The van der Waals surface area contributed by atoms with Gasteiger partial charge in [-0.25, -0.2) is 0 Å². The van der Waals surface area contributed by atoms with Crippen LogP contribution in [0, 0.1) is 13.8 Å². The second kappa shape index (κ2) is 6.61. The minimum Gasteiger partial charge on any atom is -0.434 e. The van der Waals surface area contributed by atoms with Gasteiger partial charge >= 0.3 is 6.61 Å². The lowest BCUT2D eigenvalue weighted by Gasteiger charge is -2.51. The number of rotatable bonds is 4. The zero-order chi connectivity index (χ0) is 18.2. The van der Waals surface area contributed by atoms with Crippen LogP contribution in [0.25, 0.3) is 0 Å². The first-order valence-corrected chi connectivity index (χ1v) is 8.49. The monoisotopic (exact) mass is 352 g/mol. The van der Waals surface area contributed by atoms with Crippen LogP contribution in [-0.2, 0) is 4.79 Å². The number of aryl methyl sites for hydroxylation is 2. The summed E-state index contributed by atoms with van der Waals surface area (Å²) in [5.74, 6) is -0.125. The van der Waals surface area contributed by atoms with Gasteiger partial charge in [0, 0.05) is 12.0 Å². The fourth-order valence-electron chi connectivity index (χ4n) is 3.82. The van der Waals surface area contributed by atoms with E-state index in [-0.39, 0.29) is 29.1 Å². The molecule has 3 rings (SSSR count). The largest absolute Gasteiger partial charge is 0.434 e. The fraction of sp³-hybridized carbons (Fsp3) is 0.556. The van der Waals surface area contributed by atoms with Gasteiger partial charge < -0.3 is 15.4 Å². The minimum absolute atomic E-state index is 0.0328. The van der Waals surface area contributed by atoms with E-state index in [4.69, 9.17) is 0 Å². The lowest BCUT2D eigenvalue weighted by molar-refractivity contribution is -0.127. The molecule has 7 heteroatoms. The summed E-state index contributed by atoms with van der Waals surface area (Å²) >= 11 is 0. The van der Waals surface area contributed by atoms with Crippen molar-refractivity contribution in [1.82, 2.24) is 10.6 Å². The summed E-state index contributed by atoms with van der Waals surface area (Å²) in [6.45, 7) is 0.368. The van der Waals surface area contributed by atoms with Crippen LogP contribution in [-0.4, -0.2) is 30.0 Å². The Morgan fingerprint density at radius 3 is 2.48 bits per heavy atom. The molecule has 0 bridgehead atoms. The topological polar surface area (TPSA) is 67.4 Å². The van der Waals surface area contributed by atoms with Crippen LogP contribution in [0.1, 0.15) is 53.6 Å². The molecular formula is C18H22F2N2O3. The van der Waals surface area contributed by atoms with Gasteiger partial charge in [-0.05, 0) is 62.8 Å². The number of piperidine rings is 1. The molecule has 1 unspecified atom stereocenters. The summed E-state index contributed by atoms with van der Waals surface area (Å²) in [4.78, 5) is 24.3. The summed E-state index contributed by atoms with van der Waals surface area (Å²) in [7, 11) is 0. The summed E-state index contributed by atoms with van der Waals surface area (Å²) < 4.78 is 29.5. The average Bonchev–Trinajstić information content (AvgIpc) is 2.50. The molecule has 2 amide bonds. The minimum atomic E-state index is -2.90. The summed E-state index contributed by atoms with van der Waals surface area (Å²) in [6.07, 6.45) is 3.77. The molecule has 1 aromatic carbocycles. The van der Waals surface area contributed by atoms with Crippen molar-refractivity contribution in [3.63, 3.8) is 0 Å². The molecule has 5 nitrogen and oxygen atoms in total. The van der Waals surface area contributed by atoms with E-state index in [1.54, 1.807) is 26.0 Å². The van der Waals surface area contributed by atoms with Crippen LogP contribution in [0.4, 0.5) is 8.78 Å². The van der Waals surface area contributed by atoms with E-state index in [1.165, 1.54) is 0 Å². The third kappa shape index (κ3) is 3.45. The average molecular weight is 352 g/mol. The Morgan fingerprint density at radius 1 is 1.32 bits per heavy atom. The van der Waals surface area contributed by atoms with Crippen molar-refractivity contribution in [2.24, 2.45) is 0 Å². The quantitative estimate of drug-likeness (QED) is 0.876. The molecule has 136 valence electrons. The van der Waals surface area contributed by atoms with Gasteiger partial charge in [0.15, 0.2) is 0 Å². The van der Waals surface area contributed by atoms with Gasteiger partial charge in [0.2, 0.25) is 5.91 Å². The molecule has 1 aromatic rings. The Kier molecular flexibility index (Phi) is 4.67. The molecule has 1 atom stereocenters. The van der Waals surface area contributed by atoms with Gasteiger partial charge in [-0.1, -0.05) is 0 Å². The molecule has 1 aliphatic carbocycles. The van der Waals surface area contributed by atoms with E-state index in [2.05, 4.69) is 15.4 Å². The van der Waals surface area contributed by atoms with Crippen LogP contribution in [0.5, 0.6) is 5.75 Å². The van der Waals surface area contributed by atoms with Crippen LogP contribution in [0.15, 0.2) is 12.1 Å². The number of nitrogens with one attached hydrogen (secondary N) is 2. The van der Waals surface area contributed by atoms with Gasteiger partial charge in [0.05, 0.1) is 11.6 Å². The van der Waals surface area contributed by atoms with Crippen LogP contribution < -0.4 is 15.4 Å². The highest BCUT2D eigenvalue weighted by molar-refractivity contribution is 5.95. The van der Waals surface area contributed by atoms with Crippen LogP contribution >= 0.6 is 0 Å². The van der Waals surface area contributed by atoms with E-state index in [1.807, 2.05) is 0 Å². The molecule has 1 aliphatic heterocycles. The van der Waals surface area contributed by atoms with E-state index in [0.717, 1.165) is 19.3 Å². The van der Waals surface area contributed by atoms with Crippen LogP contribution in [0.3, 0.4) is 0 Å². The first kappa shape index (κ1) is 17.6. The predicted molar refractivity (Wildman–Crippen MR) is 87.8 cm³/mol. The number of carbonyl (C=O) groups excluding carboxylic acids is 2. The van der Waals surface area contributed by atoms with Crippen molar-refractivity contribution in [1.29, 1.82) is 0 Å². The highest BCUT2D eigenvalue weighted by Crippen LogP contribution is 2.39. The van der Waals surface area contributed by atoms with Crippen molar-refractivity contribution in [3.8, 4) is 5.75 Å². The molecule has 0 radical (unpaired) electrons. The van der Waals surface area contributed by atoms with Gasteiger partial charge in [0.1, 0.15) is 5.75 Å². The number of ether oxygens (including phenoxy) is 1. The highest BCUT2D eigenvalue weighted by atomic mass is 19.3. The summed E-state index contributed by atoms with van der Waals surface area (Å²) in [5, 5.41) is 6.05. The number of hydrogen-bond donors (Lipinski definition) is 2. The molecule has 1 spiro atoms. The second-order valence-corrected chi connectivity index (χ2v) is 6.94. The SMILES string of the molecule is Cc1cc(C(=O)NC2CCC(=O)NC23CCC3)cc(C)c1OC(F)F. The zero-order valence-corrected chi connectivity index (χ0v) is 14.3. The van der Waals surface area contributed by atoms with E-state index < -0.39 is 6.61 Å². The number of halogens is 2. The maximum atomic E-state index is 12.6. The third-order valence-corrected chi connectivity index (χ3v) is 5.20. The first-order chi connectivity index (χ1) is 11.8. The molecule has 1 heterocycles. The number of carbonyl (C=O) groups is 2. The Morgan fingerprint density at radius 2 is 1.96 bits per heavy atom. The van der Waals surface area contributed by atoms with Gasteiger partial charge in [-0.2, -0.15) is 8.78 Å². The third-order valence-electron chi connectivity index (χ3n) is 5.20. The van der Waals surface area contributed by atoms with E-state index >= 15 is 0 Å². The van der Waals surface area contributed by atoms with E-state index in [9.17, 15) is 18.4 Å². The van der Waals surface area contributed by atoms with Crippen molar-refractivity contribution >= 4 is 11.8 Å². The lowest BCUT2D eigenvalue weighted by Crippen LogP contribution is -2.68. The Bertz CT molecular complexity index is 679. The Labute approximate surface area is 145 Å². The molecule has 0 aromatic heterocycles. The molecule has 25 heavy (non-hydrogen) atoms. The second-order valence-electron chi connectivity index (χ2n) is 6.94. The zero-order valence-electron chi connectivity index (χ0n) is 14.3. The van der Waals surface area contributed by atoms with Crippen molar-refractivity contribution in [2.75, 3.05) is 0 Å². The molecule has 2 fully saturated rings. The Balaban J connectivity index is 1.76. The van der Waals surface area contributed by atoms with Gasteiger partial charge in [-0.3, -0.25) is 9.59 Å². The van der Waals surface area contributed by atoms with Crippen molar-refractivity contribution in [3.05, 3.63) is 28.8 Å². The summed E-state index contributed by atoms with van der Waals surface area (Å²) in [6, 6.07) is 2.99. The first-order valence-electron chi connectivity index (χ1n) is 8.49. The summed E-state index contributed by atoms with van der Waals surface area (Å²) in [5.41, 5.74) is 1.05. The van der Waals surface area contributed by atoms with Gasteiger partial charge in [-0.15, -0.1) is 0 Å². The molecule has 2 aliphatic rings. The fourth-order valence-corrected chi connectivity index (χ4v) is 3.82. The van der Waals surface area contributed by atoms with Gasteiger partial charge in [0.25, 0.3) is 5.91 Å².